The first kappa shape index (κ1) is 16.3. The zero-order chi connectivity index (χ0) is 17.9. The first-order valence-corrected chi connectivity index (χ1v) is 8.46. The molecule has 0 radical (unpaired) electrons. The Morgan fingerprint density at radius 1 is 1.27 bits per heavy atom. The second-order valence-electron chi connectivity index (χ2n) is 5.86. The van der Waals surface area contributed by atoms with Crippen LogP contribution in [0.5, 0.6) is 0 Å². The lowest BCUT2D eigenvalue weighted by Gasteiger charge is -2.20. The van der Waals surface area contributed by atoms with E-state index in [0.717, 1.165) is 34.1 Å². The van der Waals surface area contributed by atoms with Gasteiger partial charge in [-0.25, -0.2) is 0 Å². The number of tetrazole rings is 1. The maximum atomic E-state index is 6.29. The molecular weight excluding hydrogens is 350 g/mol. The fourth-order valence-corrected chi connectivity index (χ4v) is 3.22. The summed E-state index contributed by atoms with van der Waals surface area (Å²) < 4.78 is 0. The third-order valence-corrected chi connectivity index (χ3v) is 4.36. The Hall–Kier alpha value is -3.19. The van der Waals surface area contributed by atoms with E-state index in [0.29, 0.717) is 10.8 Å². The maximum Gasteiger partial charge on any atom is 0.204 e. The van der Waals surface area contributed by atoms with Gasteiger partial charge in [0.2, 0.25) is 5.82 Å². The number of hydrogen-bond acceptors (Lipinski definition) is 5. The molecule has 2 aromatic heterocycles. The number of halogens is 1. The smallest absolute Gasteiger partial charge is 0.204 e. The molecule has 0 saturated carbocycles. The van der Waals surface area contributed by atoms with Crippen LogP contribution in [0.4, 0.5) is 5.69 Å². The van der Waals surface area contributed by atoms with Crippen LogP contribution >= 0.6 is 11.6 Å². The van der Waals surface area contributed by atoms with E-state index in [1.165, 1.54) is 0 Å². The minimum absolute atomic E-state index is 0.00758. The normalized spacial score (nSPS) is 12.2. The van der Waals surface area contributed by atoms with Gasteiger partial charge in [-0.05, 0) is 41.5 Å². The van der Waals surface area contributed by atoms with Crippen molar-refractivity contribution in [1.29, 1.82) is 0 Å². The van der Waals surface area contributed by atoms with Gasteiger partial charge in [0.1, 0.15) is 0 Å². The van der Waals surface area contributed by atoms with Crippen LogP contribution in [0.3, 0.4) is 0 Å². The van der Waals surface area contributed by atoms with Crippen molar-refractivity contribution in [3.05, 3.63) is 65.8 Å². The molecule has 0 bridgehead atoms. The number of nitrogens with one attached hydrogen (secondary N) is 3. The summed E-state index contributed by atoms with van der Waals surface area (Å²) in [4.78, 5) is 0. The van der Waals surface area contributed by atoms with Gasteiger partial charge in [0.15, 0.2) is 0 Å². The molecule has 0 spiro atoms. The van der Waals surface area contributed by atoms with Crippen LogP contribution in [0.25, 0.3) is 22.3 Å². The van der Waals surface area contributed by atoms with Gasteiger partial charge in [-0.3, -0.25) is 5.10 Å². The highest BCUT2D eigenvalue weighted by atomic mass is 35.5. The van der Waals surface area contributed by atoms with Gasteiger partial charge in [-0.2, -0.15) is 10.3 Å². The molecule has 3 N–H and O–H groups in total. The number of fused-ring (bicyclic) bond motifs is 1. The maximum absolute atomic E-state index is 6.29. The van der Waals surface area contributed by atoms with E-state index in [4.69, 9.17) is 11.6 Å². The summed E-state index contributed by atoms with van der Waals surface area (Å²) in [5.41, 5.74) is 3.78. The molecule has 2 aromatic carbocycles. The van der Waals surface area contributed by atoms with Gasteiger partial charge in [0.05, 0.1) is 17.8 Å². The number of benzene rings is 2. The summed E-state index contributed by atoms with van der Waals surface area (Å²) in [7, 11) is 0. The molecule has 130 valence electrons. The van der Waals surface area contributed by atoms with Gasteiger partial charge in [0, 0.05) is 21.7 Å². The van der Waals surface area contributed by atoms with Crippen LogP contribution in [0.15, 0.2) is 55.3 Å². The Morgan fingerprint density at radius 2 is 2.19 bits per heavy atom. The van der Waals surface area contributed by atoms with Crippen molar-refractivity contribution in [2.75, 3.05) is 5.32 Å². The van der Waals surface area contributed by atoms with E-state index in [-0.39, 0.29) is 6.04 Å². The fraction of sp³-hybridized carbons (Fsp3) is 0.111. The van der Waals surface area contributed by atoms with E-state index >= 15 is 0 Å². The van der Waals surface area contributed by atoms with Gasteiger partial charge in [-0.15, -0.1) is 16.8 Å². The number of aromatic amines is 2. The third kappa shape index (κ3) is 3.16. The fourth-order valence-electron chi connectivity index (χ4n) is 2.99. The van der Waals surface area contributed by atoms with Crippen LogP contribution in [0.2, 0.25) is 5.02 Å². The molecule has 7 nitrogen and oxygen atoms in total. The zero-order valence-electron chi connectivity index (χ0n) is 13.8. The predicted molar refractivity (Wildman–Crippen MR) is 102 cm³/mol. The molecule has 4 aromatic rings. The van der Waals surface area contributed by atoms with E-state index in [1.807, 2.05) is 48.7 Å². The average Bonchev–Trinajstić information content (AvgIpc) is 3.32. The molecule has 0 fully saturated rings. The van der Waals surface area contributed by atoms with Crippen LogP contribution < -0.4 is 5.32 Å². The first-order valence-electron chi connectivity index (χ1n) is 8.08. The van der Waals surface area contributed by atoms with Crippen LogP contribution in [-0.4, -0.2) is 30.8 Å². The molecule has 4 rings (SSSR count). The minimum atomic E-state index is -0.00758. The highest BCUT2D eigenvalue weighted by molar-refractivity contribution is 6.31. The summed E-state index contributed by atoms with van der Waals surface area (Å²) in [6.45, 7) is 3.89. The van der Waals surface area contributed by atoms with Crippen molar-refractivity contribution in [1.82, 2.24) is 30.8 Å². The summed E-state index contributed by atoms with van der Waals surface area (Å²) >= 11 is 6.29. The number of rotatable bonds is 6. The van der Waals surface area contributed by atoms with Crippen LogP contribution in [-0.2, 0) is 0 Å². The molecule has 0 amide bonds. The van der Waals surface area contributed by atoms with Crippen molar-refractivity contribution >= 4 is 28.2 Å². The molecule has 0 unspecified atom stereocenters. The van der Waals surface area contributed by atoms with Gasteiger partial charge >= 0.3 is 0 Å². The lowest BCUT2D eigenvalue weighted by atomic mass is 9.99. The third-order valence-electron chi connectivity index (χ3n) is 4.14. The van der Waals surface area contributed by atoms with E-state index in [1.54, 1.807) is 0 Å². The summed E-state index contributed by atoms with van der Waals surface area (Å²) in [5.74, 6) is 0.550. The molecule has 0 saturated heterocycles. The topological polar surface area (TPSA) is 95.2 Å². The average molecular weight is 366 g/mol. The molecule has 2 heterocycles. The number of hydrogen-bond donors (Lipinski definition) is 3. The molecule has 0 aliphatic carbocycles. The minimum Gasteiger partial charge on any atom is -0.378 e. The number of anilines is 1. The summed E-state index contributed by atoms with van der Waals surface area (Å²) in [6.07, 6.45) is 4.43. The largest absolute Gasteiger partial charge is 0.378 e. The number of nitrogens with zero attached hydrogens (tertiary/aromatic N) is 4. The van der Waals surface area contributed by atoms with Gasteiger partial charge < -0.3 is 5.32 Å². The number of aromatic nitrogens is 6. The zero-order valence-corrected chi connectivity index (χ0v) is 14.5. The Kier molecular flexibility index (Phi) is 4.37. The van der Waals surface area contributed by atoms with E-state index in [9.17, 15) is 0 Å². The molecular formula is C18H16ClN7. The second-order valence-corrected chi connectivity index (χ2v) is 6.30. The number of H-pyrrole nitrogens is 2. The lowest BCUT2D eigenvalue weighted by molar-refractivity contribution is 0.806. The molecule has 0 aliphatic rings. The highest BCUT2D eigenvalue weighted by Crippen LogP contribution is 2.32. The molecule has 0 aliphatic heterocycles. The molecule has 26 heavy (non-hydrogen) atoms. The summed E-state index contributed by atoms with van der Waals surface area (Å²) in [5, 5.41) is 26.5. The standard InChI is InChI=1S/C18H16ClN7/c1-2-4-16(14-8-12(19)9-17-15(14)10-20-22-17)21-13-6-3-5-11(7-13)18-23-25-26-24-18/h2-3,5-10,16,21H,1,4H2,(H,20,22)(H,23,24,25,26)/t16-/m0/s1. The monoisotopic (exact) mass is 365 g/mol. The molecule has 1 atom stereocenters. The Balaban J connectivity index is 1.70. The molecule has 8 heteroatoms. The van der Waals surface area contributed by atoms with Gasteiger partial charge in [-0.1, -0.05) is 29.8 Å². The highest BCUT2D eigenvalue weighted by Gasteiger charge is 2.16. The SMILES string of the molecule is C=CC[C@H](Nc1cccc(-c2nn[nH]n2)c1)c1cc(Cl)cc2[nH]ncc12. The van der Waals surface area contributed by atoms with Gasteiger partial charge in [0.25, 0.3) is 0 Å². The Morgan fingerprint density at radius 3 is 3.00 bits per heavy atom. The second kappa shape index (κ2) is 6.97. The van der Waals surface area contributed by atoms with E-state index < -0.39 is 0 Å². The van der Waals surface area contributed by atoms with Crippen molar-refractivity contribution in [3.8, 4) is 11.4 Å². The van der Waals surface area contributed by atoms with Crippen molar-refractivity contribution in [2.45, 2.75) is 12.5 Å². The summed E-state index contributed by atoms with van der Waals surface area (Å²) in [6, 6.07) is 11.7. The Labute approximate surface area is 154 Å². The quantitative estimate of drug-likeness (QED) is 0.446. The van der Waals surface area contributed by atoms with Crippen molar-refractivity contribution in [3.63, 3.8) is 0 Å². The van der Waals surface area contributed by atoms with Crippen LogP contribution in [0, 0.1) is 0 Å². The van der Waals surface area contributed by atoms with E-state index in [2.05, 4.69) is 42.7 Å². The lowest BCUT2D eigenvalue weighted by Crippen LogP contribution is -2.10. The Bertz CT molecular complexity index is 1040. The van der Waals surface area contributed by atoms with Crippen molar-refractivity contribution in [2.24, 2.45) is 0 Å². The van der Waals surface area contributed by atoms with Crippen molar-refractivity contribution < 1.29 is 0 Å². The predicted octanol–water partition coefficient (Wildman–Crippen LogP) is 4.13. The van der Waals surface area contributed by atoms with Crippen LogP contribution in [0.1, 0.15) is 18.0 Å². The first-order chi connectivity index (χ1) is 12.7.